The molecule has 0 radical (unpaired) electrons. The van der Waals surface area contributed by atoms with Gasteiger partial charge < -0.3 is 49.6 Å². The molecule has 0 amide bonds. The summed E-state index contributed by atoms with van der Waals surface area (Å²) in [5, 5.41) is 0. The van der Waals surface area contributed by atoms with Crippen molar-refractivity contribution >= 4 is 12.2 Å². The van der Waals surface area contributed by atoms with Gasteiger partial charge in [0, 0.05) is 12.8 Å². The first kappa shape index (κ1) is 68.2. The van der Waals surface area contributed by atoms with Crippen LogP contribution in [0.1, 0.15) is 67.5 Å². The lowest BCUT2D eigenvalue weighted by atomic mass is 10.0. The number of ether oxygens (including phenoxy) is 2. The summed E-state index contributed by atoms with van der Waals surface area (Å²) >= 11 is 0. The van der Waals surface area contributed by atoms with E-state index in [2.05, 4.69) is 143 Å². The van der Waals surface area contributed by atoms with Gasteiger partial charge in [-0.1, -0.05) is 173 Å². The molecule has 2 aliphatic rings. The quantitative estimate of drug-likeness (QED) is 0.0602. The van der Waals surface area contributed by atoms with Crippen LogP contribution in [-0.2, 0) is 35.2 Å². The number of benzene rings is 4. The first-order chi connectivity index (χ1) is 29.8. The van der Waals surface area contributed by atoms with Gasteiger partial charge in [-0.3, -0.25) is 0 Å². The van der Waals surface area contributed by atoms with Crippen LogP contribution in [0.5, 0.6) is 0 Å². The Balaban J connectivity index is -0.000000151. The van der Waals surface area contributed by atoms with E-state index < -0.39 is 0 Å². The number of allylic oxidation sites excluding steroid dienone is 2. The number of hydrogen-bond acceptors (Lipinski definition) is 9. The van der Waals surface area contributed by atoms with E-state index in [0.717, 1.165) is 50.0 Å². The van der Waals surface area contributed by atoms with Crippen molar-refractivity contribution in [1.82, 2.24) is 0 Å². The van der Waals surface area contributed by atoms with Crippen LogP contribution in [0.25, 0.3) is 12.2 Å². The lowest BCUT2D eigenvalue weighted by Gasteiger charge is -2.04. The van der Waals surface area contributed by atoms with Gasteiger partial charge in [-0.2, -0.15) is 0 Å². The van der Waals surface area contributed by atoms with Crippen LogP contribution in [0, 0.1) is 0 Å². The summed E-state index contributed by atoms with van der Waals surface area (Å²) < 4.78 is 10.4. The molecule has 2 saturated heterocycles. The van der Waals surface area contributed by atoms with Gasteiger partial charge in [-0.25, -0.2) is 0 Å². The average molecular weight is 846 g/mol. The summed E-state index contributed by atoms with van der Waals surface area (Å²) in [4.78, 5) is 0. The standard InChI is InChI=1S/C14H18.C12H14O2.C10H10.C6H6.C3H8.7CH5N/c1-11(2)8-13-6-5-7-14(10-13)9-12(3)4;1-2-9(5-11-7-13-11)4-10(3-1)6-12-8-14-12;1-3-9-6-5-7-10(4-2)8-9;1-2-4-6-5-3-1;1-3-2;7*1-2/h5-7,10H,1,3,8-9H2,2,4H3;1-4,11-12H,5-8H2;3-8H,1-2H2;1-6H;3H2,1-2H3;7*2H2,1H3. The number of epoxide rings is 2. The minimum absolute atomic E-state index is 0.488. The molecule has 9 heteroatoms. The molecule has 2 atom stereocenters. The summed E-state index contributed by atoms with van der Waals surface area (Å²) in [5.41, 5.74) is 41.7. The highest BCUT2D eigenvalue weighted by Gasteiger charge is 2.24. The second kappa shape index (κ2) is 55.5. The largest absolute Gasteiger partial charge is 0.373 e. The minimum Gasteiger partial charge on any atom is -0.373 e. The summed E-state index contributed by atoms with van der Waals surface area (Å²) in [7, 11) is 10.5. The van der Waals surface area contributed by atoms with Crippen LogP contribution < -0.4 is 40.1 Å². The third-order valence-electron chi connectivity index (χ3n) is 6.77. The van der Waals surface area contributed by atoms with Gasteiger partial charge in [-0.05, 0) is 115 Å². The highest BCUT2D eigenvalue weighted by Crippen LogP contribution is 2.20. The fourth-order valence-electron chi connectivity index (χ4n) is 4.53. The maximum absolute atomic E-state index is 5.22. The third kappa shape index (κ3) is 48.0. The molecule has 0 bridgehead atoms. The second-order valence-electron chi connectivity index (χ2n) is 12.2. The van der Waals surface area contributed by atoms with Crippen molar-refractivity contribution in [2.75, 3.05) is 62.5 Å². The predicted molar refractivity (Wildman–Crippen MR) is 277 cm³/mol. The minimum atomic E-state index is 0.488. The average Bonchev–Trinajstić information content (AvgIpc) is 4.28. The smallest absolute Gasteiger partial charge is 0.0850 e. The van der Waals surface area contributed by atoms with Crippen LogP contribution in [0.4, 0.5) is 0 Å². The van der Waals surface area contributed by atoms with E-state index in [1.54, 1.807) is 0 Å². The molecule has 0 spiro atoms. The van der Waals surface area contributed by atoms with E-state index in [4.69, 9.17) is 9.47 Å². The van der Waals surface area contributed by atoms with Gasteiger partial charge in [0.1, 0.15) is 0 Å². The highest BCUT2D eigenvalue weighted by atomic mass is 16.6. The fraction of sp³-hybridized carbons (Fsp3) is 0.385. The van der Waals surface area contributed by atoms with Gasteiger partial charge in [0.05, 0.1) is 25.4 Å². The fourth-order valence-corrected chi connectivity index (χ4v) is 4.53. The zero-order chi connectivity index (χ0) is 48.3. The number of nitrogens with two attached hydrogens (primary N) is 7. The van der Waals surface area contributed by atoms with E-state index in [9.17, 15) is 0 Å². The normalized spacial score (nSPS) is 12.1. The van der Waals surface area contributed by atoms with Crippen molar-refractivity contribution in [1.29, 1.82) is 0 Å². The van der Waals surface area contributed by atoms with Crippen LogP contribution in [0.15, 0.2) is 147 Å². The summed E-state index contributed by atoms with van der Waals surface area (Å²) in [6, 6.07) is 37.5. The van der Waals surface area contributed by atoms with E-state index in [1.165, 1.54) is 89.2 Å². The molecule has 14 N–H and O–H groups in total. The maximum atomic E-state index is 5.22. The molecule has 0 aromatic heterocycles. The monoisotopic (exact) mass is 846 g/mol. The molecule has 2 aliphatic heterocycles. The van der Waals surface area contributed by atoms with E-state index in [0.29, 0.717) is 12.2 Å². The molecule has 346 valence electrons. The van der Waals surface area contributed by atoms with Crippen LogP contribution in [0.3, 0.4) is 0 Å². The topological polar surface area (TPSA) is 207 Å². The summed E-state index contributed by atoms with van der Waals surface area (Å²) in [5.74, 6) is 0. The molecule has 2 unspecified atom stereocenters. The molecule has 4 aromatic rings. The van der Waals surface area contributed by atoms with Gasteiger partial charge in [0.15, 0.2) is 0 Å². The number of hydrogen-bond donors (Lipinski definition) is 7. The van der Waals surface area contributed by atoms with Gasteiger partial charge in [-0.15, -0.1) is 0 Å². The Bertz CT molecular complexity index is 1400. The molecule has 2 heterocycles. The van der Waals surface area contributed by atoms with Crippen LogP contribution in [0.2, 0.25) is 0 Å². The molecule has 9 nitrogen and oxygen atoms in total. The Morgan fingerprint density at radius 1 is 0.475 bits per heavy atom. The first-order valence-corrected chi connectivity index (χ1v) is 20.8. The second-order valence-corrected chi connectivity index (χ2v) is 12.2. The Labute approximate surface area is 375 Å². The SMILES string of the molecule is C=C(C)Cc1cccc(CC(=C)C)c1.C=Cc1cccc(C=C)c1.CCC.CN.CN.CN.CN.CN.CN.CN.c1cc(CC2CO2)cc(CC2CO2)c1.c1ccccc1. The zero-order valence-electron chi connectivity index (χ0n) is 40.3. The molecular formula is C52H91N7O2. The van der Waals surface area contributed by atoms with Crippen LogP contribution in [-0.4, -0.2) is 74.8 Å². The van der Waals surface area contributed by atoms with E-state index in [-0.39, 0.29) is 0 Å². The summed E-state index contributed by atoms with van der Waals surface area (Å²) in [6.45, 7) is 25.4. The molecular weight excluding hydrogens is 755 g/mol. The van der Waals surface area contributed by atoms with E-state index >= 15 is 0 Å². The van der Waals surface area contributed by atoms with Crippen molar-refractivity contribution in [3.8, 4) is 0 Å². The molecule has 61 heavy (non-hydrogen) atoms. The predicted octanol–water partition coefficient (Wildman–Crippen LogP) is 8.59. The van der Waals surface area contributed by atoms with Crippen molar-refractivity contribution in [2.45, 2.75) is 72.0 Å². The van der Waals surface area contributed by atoms with Crippen molar-refractivity contribution in [3.63, 3.8) is 0 Å². The zero-order valence-corrected chi connectivity index (χ0v) is 40.3. The highest BCUT2D eigenvalue weighted by molar-refractivity contribution is 5.55. The molecule has 6 rings (SSSR count). The number of rotatable bonds is 10. The van der Waals surface area contributed by atoms with Gasteiger partial charge >= 0.3 is 0 Å². The Hall–Kier alpha value is -4.52. The Morgan fingerprint density at radius 2 is 0.721 bits per heavy atom. The van der Waals surface area contributed by atoms with Crippen molar-refractivity contribution < 1.29 is 9.47 Å². The van der Waals surface area contributed by atoms with Gasteiger partial charge in [0.2, 0.25) is 0 Å². The maximum Gasteiger partial charge on any atom is 0.0850 e. The lowest BCUT2D eigenvalue weighted by Crippen LogP contribution is -1.97. The Morgan fingerprint density at radius 3 is 0.967 bits per heavy atom. The lowest BCUT2D eigenvalue weighted by molar-refractivity contribution is 0.406. The summed E-state index contributed by atoms with van der Waals surface area (Å²) in [6.07, 6.45) is 9.97. The first-order valence-electron chi connectivity index (χ1n) is 20.8. The Kier molecular flexibility index (Phi) is 62.0. The van der Waals surface area contributed by atoms with Crippen molar-refractivity contribution in [2.24, 2.45) is 40.1 Å². The molecule has 0 saturated carbocycles. The molecule has 0 aliphatic carbocycles. The third-order valence-corrected chi connectivity index (χ3v) is 6.77. The van der Waals surface area contributed by atoms with E-state index in [1.807, 2.05) is 72.8 Å². The molecule has 2 fully saturated rings. The van der Waals surface area contributed by atoms with Crippen molar-refractivity contribution in [3.05, 3.63) is 180 Å². The molecule has 4 aromatic carbocycles. The van der Waals surface area contributed by atoms with Crippen LogP contribution >= 0.6 is 0 Å². The van der Waals surface area contributed by atoms with Gasteiger partial charge in [0.25, 0.3) is 0 Å².